The van der Waals surface area contributed by atoms with E-state index in [1.54, 1.807) is 34.9 Å². The standard InChI is InChI=1S/C28H35N5O5/c1-3-15-32-21-20(22(34)33(16-4-2)26(32)38)29-24(31-21)27-11-8-12-28(17-27,14-13-27)25(37)30-19(23(35)36)18-9-6-5-7-10-18/h5-7,9-10,19H,3-4,8,11-17H2,1-2H3,(H,29,31)(H,30,37)(H,35,36)/t19-,27?,28?/m0/s1. The van der Waals surface area contributed by atoms with Crippen LogP contribution in [0.1, 0.15) is 82.6 Å². The molecule has 0 saturated heterocycles. The number of benzene rings is 1. The van der Waals surface area contributed by atoms with E-state index in [0.717, 1.165) is 19.3 Å². The van der Waals surface area contributed by atoms with Crippen LogP contribution < -0.4 is 16.6 Å². The number of amides is 1. The lowest BCUT2D eigenvalue weighted by Crippen LogP contribution is -2.46. The number of carbonyl (C=O) groups is 2. The Labute approximate surface area is 220 Å². The second-order valence-corrected chi connectivity index (χ2v) is 10.9. The van der Waals surface area contributed by atoms with Gasteiger partial charge in [-0.05, 0) is 50.5 Å². The average Bonchev–Trinajstić information content (AvgIpc) is 3.48. The van der Waals surface area contributed by atoms with Gasteiger partial charge in [-0.2, -0.15) is 0 Å². The third kappa shape index (κ3) is 4.16. The second-order valence-electron chi connectivity index (χ2n) is 10.9. The Morgan fingerprint density at radius 3 is 2.45 bits per heavy atom. The Hall–Kier alpha value is -3.69. The molecule has 202 valence electrons. The molecule has 2 bridgehead atoms. The summed E-state index contributed by atoms with van der Waals surface area (Å²) >= 11 is 0. The highest BCUT2D eigenvalue weighted by molar-refractivity contribution is 5.88. The number of carbonyl (C=O) groups excluding carboxylic acids is 1. The fraction of sp³-hybridized carbons (Fsp3) is 0.536. The number of rotatable bonds is 9. The van der Waals surface area contributed by atoms with Crippen molar-refractivity contribution < 1.29 is 14.7 Å². The summed E-state index contributed by atoms with van der Waals surface area (Å²) in [6.45, 7) is 4.70. The van der Waals surface area contributed by atoms with Gasteiger partial charge in [-0.1, -0.05) is 50.6 Å². The van der Waals surface area contributed by atoms with Crippen LogP contribution in [0.3, 0.4) is 0 Å². The molecule has 1 aromatic carbocycles. The predicted octanol–water partition coefficient (Wildman–Crippen LogP) is 3.24. The van der Waals surface area contributed by atoms with E-state index < -0.39 is 22.8 Å². The van der Waals surface area contributed by atoms with Gasteiger partial charge in [-0.15, -0.1) is 0 Å². The minimum atomic E-state index is -1.12. The number of aryl methyl sites for hydroxylation is 1. The number of hydrogen-bond donors (Lipinski definition) is 3. The Bertz CT molecular complexity index is 1490. The first-order chi connectivity index (χ1) is 18.2. The number of imidazole rings is 1. The summed E-state index contributed by atoms with van der Waals surface area (Å²) in [5.74, 6) is -0.703. The molecule has 2 aliphatic carbocycles. The van der Waals surface area contributed by atoms with Gasteiger partial charge in [0.05, 0.1) is 5.41 Å². The van der Waals surface area contributed by atoms with Crippen LogP contribution in [-0.2, 0) is 28.1 Å². The smallest absolute Gasteiger partial charge is 0.332 e. The van der Waals surface area contributed by atoms with Crippen LogP contribution in [0.25, 0.3) is 11.2 Å². The monoisotopic (exact) mass is 521 g/mol. The number of hydrogen-bond acceptors (Lipinski definition) is 5. The number of carboxylic acid groups (broad SMARTS) is 1. The van der Waals surface area contributed by atoms with E-state index >= 15 is 0 Å². The molecule has 2 aliphatic rings. The van der Waals surface area contributed by atoms with Crippen molar-refractivity contribution in [2.75, 3.05) is 0 Å². The number of aromatic amines is 1. The van der Waals surface area contributed by atoms with Gasteiger partial charge in [0.1, 0.15) is 11.3 Å². The van der Waals surface area contributed by atoms with E-state index in [1.807, 2.05) is 13.8 Å². The summed E-state index contributed by atoms with van der Waals surface area (Å²) < 4.78 is 2.86. The number of nitrogens with one attached hydrogen (secondary N) is 2. The molecule has 2 aromatic heterocycles. The third-order valence-corrected chi connectivity index (χ3v) is 8.46. The van der Waals surface area contributed by atoms with Crippen molar-refractivity contribution in [3.8, 4) is 0 Å². The molecule has 3 atom stereocenters. The minimum Gasteiger partial charge on any atom is -0.479 e. The van der Waals surface area contributed by atoms with Crippen LogP contribution in [0.15, 0.2) is 39.9 Å². The largest absolute Gasteiger partial charge is 0.479 e. The Balaban J connectivity index is 1.50. The topological polar surface area (TPSA) is 139 Å². The third-order valence-electron chi connectivity index (χ3n) is 8.46. The first kappa shape index (κ1) is 25.9. The van der Waals surface area contributed by atoms with Gasteiger partial charge in [0.15, 0.2) is 11.7 Å². The maximum absolute atomic E-state index is 13.7. The van der Waals surface area contributed by atoms with Crippen molar-refractivity contribution in [1.82, 2.24) is 24.4 Å². The van der Waals surface area contributed by atoms with Crippen LogP contribution in [0.4, 0.5) is 0 Å². The molecule has 2 unspecified atom stereocenters. The van der Waals surface area contributed by atoms with Crippen LogP contribution in [0.5, 0.6) is 0 Å². The zero-order valence-electron chi connectivity index (χ0n) is 22.0. The Morgan fingerprint density at radius 1 is 1.05 bits per heavy atom. The van der Waals surface area contributed by atoms with Gasteiger partial charge in [0.2, 0.25) is 5.91 Å². The van der Waals surface area contributed by atoms with Crippen molar-refractivity contribution in [3.05, 3.63) is 62.6 Å². The number of aliphatic carboxylic acids is 1. The molecule has 0 spiro atoms. The molecule has 2 saturated carbocycles. The molecule has 10 heteroatoms. The molecule has 1 amide bonds. The first-order valence-electron chi connectivity index (χ1n) is 13.6. The van der Waals surface area contributed by atoms with Crippen molar-refractivity contribution >= 4 is 23.0 Å². The van der Waals surface area contributed by atoms with E-state index in [1.165, 1.54) is 4.57 Å². The van der Waals surface area contributed by atoms with Gasteiger partial charge in [-0.25, -0.2) is 14.6 Å². The molecule has 3 aromatic rings. The van der Waals surface area contributed by atoms with E-state index in [-0.39, 0.29) is 17.2 Å². The fourth-order valence-corrected chi connectivity index (χ4v) is 6.60. The molecule has 3 N–H and O–H groups in total. The van der Waals surface area contributed by atoms with E-state index in [9.17, 15) is 24.3 Å². The fourth-order valence-electron chi connectivity index (χ4n) is 6.60. The molecule has 0 radical (unpaired) electrons. The highest BCUT2D eigenvalue weighted by Gasteiger charge is 2.57. The van der Waals surface area contributed by atoms with Gasteiger partial charge >= 0.3 is 11.7 Å². The summed E-state index contributed by atoms with van der Waals surface area (Å²) in [4.78, 5) is 60.2. The maximum Gasteiger partial charge on any atom is 0.332 e. The zero-order valence-corrected chi connectivity index (χ0v) is 22.0. The van der Waals surface area contributed by atoms with Crippen molar-refractivity contribution in [1.29, 1.82) is 0 Å². The number of H-pyrrole nitrogens is 1. The summed E-state index contributed by atoms with van der Waals surface area (Å²) in [6.07, 6.45) is 5.49. The summed E-state index contributed by atoms with van der Waals surface area (Å²) in [5, 5.41) is 12.7. The number of carboxylic acids is 1. The maximum atomic E-state index is 13.7. The van der Waals surface area contributed by atoms with Crippen LogP contribution in [0, 0.1) is 5.41 Å². The second kappa shape index (κ2) is 9.89. The molecular weight excluding hydrogens is 486 g/mol. The van der Waals surface area contributed by atoms with Crippen molar-refractivity contribution in [3.63, 3.8) is 0 Å². The lowest BCUT2D eigenvalue weighted by atomic mass is 9.68. The lowest BCUT2D eigenvalue weighted by molar-refractivity contribution is -0.144. The summed E-state index contributed by atoms with van der Waals surface area (Å²) in [7, 11) is 0. The van der Waals surface area contributed by atoms with Crippen LogP contribution >= 0.6 is 0 Å². The molecule has 5 rings (SSSR count). The van der Waals surface area contributed by atoms with Gasteiger partial charge < -0.3 is 15.4 Å². The SMILES string of the molecule is CCCn1c(=O)c2[nH]c(C34CCCC(C(=O)N[C@H](C(=O)O)c5ccccc5)(CC3)C4)nc2n(CCC)c1=O. The van der Waals surface area contributed by atoms with Crippen molar-refractivity contribution in [2.45, 2.75) is 89.8 Å². The average molecular weight is 522 g/mol. The highest BCUT2D eigenvalue weighted by atomic mass is 16.4. The molecule has 2 heterocycles. The summed E-state index contributed by atoms with van der Waals surface area (Å²) in [6, 6.07) is 7.59. The number of fused-ring (bicyclic) bond motifs is 3. The predicted molar refractivity (Wildman–Crippen MR) is 142 cm³/mol. The molecule has 10 nitrogen and oxygen atoms in total. The quantitative estimate of drug-likeness (QED) is 0.395. The minimum absolute atomic E-state index is 0.250. The summed E-state index contributed by atoms with van der Waals surface area (Å²) in [5.41, 5.74) is -0.607. The van der Waals surface area contributed by atoms with Crippen molar-refractivity contribution in [2.24, 2.45) is 5.41 Å². The molecule has 0 aliphatic heterocycles. The lowest BCUT2D eigenvalue weighted by Gasteiger charge is -2.38. The number of aromatic nitrogens is 4. The highest BCUT2D eigenvalue weighted by Crippen LogP contribution is 2.59. The van der Waals surface area contributed by atoms with E-state index in [2.05, 4.69) is 10.3 Å². The Morgan fingerprint density at radius 2 is 1.76 bits per heavy atom. The van der Waals surface area contributed by atoms with Gasteiger partial charge in [0, 0.05) is 18.5 Å². The van der Waals surface area contributed by atoms with E-state index in [0.29, 0.717) is 67.7 Å². The van der Waals surface area contributed by atoms with Gasteiger partial charge in [0.25, 0.3) is 5.56 Å². The zero-order chi connectivity index (χ0) is 27.1. The molecular formula is C28H35N5O5. The van der Waals surface area contributed by atoms with E-state index in [4.69, 9.17) is 4.98 Å². The Kier molecular flexibility index (Phi) is 6.75. The number of nitrogens with zero attached hydrogens (tertiary/aromatic N) is 3. The normalized spacial score (nSPS) is 23.4. The van der Waals surface area contributed by atoms with Crippen LogP contribution in [-0.4, -0.2) is 36.1 Å². The van der Waals surface area contributed by atoms with Crippen LogP contribution in [0.2, 0.25) is 0 Å². The molecule has 2 fully saturated rings. The first-order valence-corrected chi connectivity index (χ1v) is 13.6. The molecule has 38 heavy (non-hydrogen) atoms. The van der Waals surface area contributed by atoms with Gasteiger partial charge in [-0.3, -0.25) is 18.7 Å².